The molecule has 6 nitrogen and oxygen atoms in total. The molecule has 1 aromatic carbocycles. The largest absolute Gasteiger partial charge is 0.490 e. The third kappa shape index (κ3) is 7.22. The number of hydrogen-bond acceptors (Lipinski definition) is 5. The van der Waals surface area contributed by atoms with Crippen molar-refractivity contribution < 1.29 is 4.74 Å². The highest BCUT2D eigenvalue weighted by Crippen LogP contribution is 2.17. The molecule has 3 rings (SSSR count). The third-order valence-electron chi connectivity index (χ3n) is 5.05. The number of piperidine rings is 1. The van der Waals surface area contributed by atoms with E-state index in [0.29, 0.717) is 24.7 Å². The van der Waals surface area contributed by atoms with Gasteiger partial charge < -0.3 is 10.1 Å². The maximum Gasteiger partial charge on any atom is 0.255 e. The second-order valence-electron chi connectivity index (χ2n) is 7.27. The molecule has 0 saturated carbocycles. The maximum absolute atomic E-state index is 11.7. The fourth-order valence-corrected chi connectivity index (χ4v) is 3.29. The summed E-state index contributed by atoms with van der Waals surface area (Å²) in [6.07, 6.45) is 7.90. The summed E-state index contributed by atoms with van der Waals surface area (Å²) in [5, 5.41) is 3.09. The van der Waals surface area contributed by atoms with Gasteiger partial charge in [-0.2, -0.15) is 0 Å². The first-order valence-electron chi connectivity index (χ1n) is 10.0. The van der Waals surface area contributed by atoms with Gasteiger partial charge in [-0.3, -0.25) is 14.7 Å². The summed E-state index contributed by atoms with van der Waals surface area (Å²) in [6, 6.07) is 8.35. The Bertz CT molecular complexity index is 860. The molecule has 0 atom stereocenters. The Kier molecular flexibility index (Phi) is 9.22. The minimum absolute atomic E-state index is 0. The lowest BCUT2D eigenvalue weighted by Gasteiger charge is -2.26. The van der Waals surface area contributed by atoms with E-state index in [-0.39, 0.29) is 18.0 Å². The van der Waals surface area contributed by atoms with E-state index >= 15 is 0 Å². The number of halogens is 1. The predicted octanol–water partition coefficient (Wildman–Crippen LogP) is 3.84. The van der Waals surface area contributed by atoms with Crippen LogP contribution in [0, 0.1) is 13.8 Å². The van der Waals surface area contributed by atoms with E-state index in [1.807, 2.05) is 25.1 Å². The zero-order valence-electron chi connectivity index (χ0n) is 17.2. The highest BCUT2D eigenvalue weighted by atomic mass is 35.5. The third-order valence-corrected chi connectivity index (χ3v) is 5.05. The number of hydrogen-bond donors (Lipinski definition) is 2. The highest BCUT2D eigenvalue weighted by Gasteiger charge is 2.10. The van der Waals surface area contributed by atoms with Gasteiger partial charge in [-0.15, -0.1) is 12.4 Å². The lowest BCUT2D eigenvalue weighted by molar-refractivity contribution is 0.220. The fraction of sp³-hybridized carbons (Fsp3) is 0.455. The molecule has 1 aliphatic rings. The summed E-state index contributed by atoms with van der Waals surface area (Å²) in [7, 11) is 0. The van der Waals surface area contributed by atoms with Gasteiger partial charge in [0.1, 0.15) is 12.4 Å². The molecule has 0 unspecified atom stereocenters. The van der Waals surface area contributed by atoms with Crippen LogP contribution in [0.5, 0.6) is 5.75 Å². The molecule has 0 amide bonds. The molecule has 7 heteroatoms. The minimum Gasteiger partial charge on any atom is -0.490 e. The van der Waals surface area contributed by atoms with E-state index in [1.54, 1.807) is 6.92 Å². The summed E-state index contributed by atoms with van der Waals surface area (Å²) in [4.78, 5) is 21.3. The van der Waals surface area contributed by atoms with E-state index in [4.69, 9.17) is 4.74 Å². The molecular formula is C22H31ClN4O2. The van der Waals surface area contributed by atoms with Gasteiger partial charge in [-0.1, -0.05) is 24.6 Å². The number of aromatic amines is 1. The topological polar surface area (TPSA) is 70.2 Å². The molecular weight excluding hydrogens is 388 g/mol. The summed E-state index contributed by atoms with van der Waals surface area (Å²) in [5.74, 6) is 1.39. The lowest BCUT2D eigenvalue weighted by Crippen LogP contribution is -2.29. The van der Waals surface area contributed by atoms with Crippen molar-refractivity contribution in [3.8, 4) is 5.75 Å². The number of nitrogens with one attached hydrogen (secondary N) is 2. The molecule has 1 aliphatic heterocycles. The van der Waals surface area contributed by atoms with Gasteiger partial charge in [0.05, 0.1) is 0 Å². The van der Waals surface area contributed by atoms with Gasteiger partial charge in [0.25, 0.3) is 5.56 Å². The Hall–Kier alpha value is -2.31. The van der Waals surface area contributed by atoms with Crippen LogP contribution in [0.25, 0.3) is 0 Å². The van der Waals surface area contributed by atoms with Crippen LogP contribution in [-0.4, -0.2) is 41.1 Å². The van der Waals surface area contributed by atoms with E-state index in [1.165, 1.54) is 37.9 Å². The van der Waals surface area contributed by atoms with Gasteiger partial charge in [-0.05, 0) is 63.6 Å². The summed E-state index contributed by atoms with van der Waals surface area (Å²) in [6.45, 7) is 8.07. The molecule has 1 aromatic heterocycles. The van der Waals surface area contributed by atoms with Gasteiger partial charge in [0.15, 0.2) is 0 Å². The molecule has 1 fully saturated rings. The Morgan fingerprint density at radius 3 is 2.76 bits per heavy atom. The molecule has 0 aliphatic carbocycles. The van der Waals surface area contributed by atoms with Crippen molar-refractivity contribution in [3.05, 3.63) is 63.6 Å². The van der Waals surface area contributed by atoms with Crippen molar-refractivity contribution in [2.45, 2.75) is 39.7 Å². The van der Waals surface area contributed by atoms with E-state index in [9.17, 15) is 4.79 Å². The minimum atomic E-state index is -0.105. The van der Waals surface area contributed by atoms with E-state index < -0.39 is 0 Å². The van der Waals surface area contributed by atoms with Crippen molar-refractivity contribution >= 4 is 18.4 Å². The number of ether oxygens (including phenoxy) is 1. The Balaban J connectivity index is 0.00000300. The smallest absolute Gasteiger partial charge is 0.255 e. The standard InChI is InChI=1S/C22H30N4O2.ClH/c1-17-18(2)24-22(25-21(17)27)23-11-4-7-14-28-20-10-8-9-19(15-20)16-26-12-5-3-6-13-26;/h4,7-10,15H,3,5-6,11-14,16H2,1-2H3,(H2,23,24,25,27);1H/b7-4+;. The van der Waals surface area contributed by atoms with Gasteiger partial charge in [0, 0.05) is 24.3 Å². The maximum atomic E-state index is 11.7. The van der Waals surface area contributed by atoms with Crippen LogP contribution >= 0.6 is 12.4 Å². The molecule has 158 valence electrons. The zero-order valence-corrected chi connectivity index (χ0v) is 18.1. The number of H-pyrrole nitrogens is 1. The van der Waals surface area contributed by atoms with Crippen molar-refractivity contribution in [2.75, 3.05) is 31.6 Å². The molecule has 0 spiro atoms. The molecule has 0 radical (unpaired) electrons. The monoisotopic (exact) mass is 418 g/mol. The van der Waals surface area contributed by atoms with Crippen LogP contribution in [0.4, 0.5) is 5.95 Å². The highest BCUT2D eigenvalue weighted by molar-refractivity contribution is 5.85. The van der Waals surface area contributed by atoms with Crippen molar-refractivity contribution in [3.63, 3.8) is 0 Å². The Labute approximate surface area is 178 Å². The van der Waals surface area contributed by atoms with E-state index in [0.717, 1.165) is 18.0 Å². The Morgan fingerprint density at radius 2 is 2.00 bits per heavy atom. The predicted molar refractivity (Wildman–Crippen MR) is 120 cm³/mol. The number of rotatable bonds is 8. The van der Waals surface area contributed by atoms with Crippen molar-refractivity contribution in [1.29, 1.82) is 0 Å². The van der Waals surface area contributed by atoms with Crippen LogP contribution in [0.3, 0.4) is 0 Å². The quantitative estimate of drug-likeness (QED) is 0.637. The summed E-state index contributed by atoms with van der Waals surface area (Å²) >= 11 is 0. The van der Waals surface area contributed by atoms with Gasteiger partial charge >= 0.3 is 0 Å². The van der Waals surface area contributed by atoms with E-state index in [2.05, 4.69) is 38.4 Å². The van der Waals surface area contributed by atoms with Gasteiger partial charge in [0.2, 0.25) is 5.95 Å². The number of nitrogens with zero attached hydrogens (tertiary/aromatic N) is 2. The number of likely N-dealkylation sites (tertiary alicyclic amines) is 1. The van der Waals surface area contributed by atoms with Crippen LogP contribution in [0.15, 0.2) is 41.2 Å². The van der Waals surface area contributed by atoms with Crippen molar-refractivity contribution in [2.24, 2.45) is 0 Å². The number of aryl methyl sites for hydroxylation is 1. The van der Waals surface area contributed by atoms with Crippen LogP contribution in [0.1, 0.15) is 36.1 Å². The van der Waals surface area contributed by atoms with Crippen LogP contribution in [-0.2, 0) is 6.54 Å². The first-order chi connectivity index (χ1) is 13.6. The first-order valence-corrected chi connectivity index (χ1v) is 10.0. The number of anilines is 1. The molecule has 2 aromatic rings. The molecule has 1 saturated heterocycles. The van der Waals surface area contributed by atoms with Crippen LogP contribution in [0.2, 0.25) is 0 Å². The average Bonchev–Trinajstić information content (AvgIpc) is 2.70. The van der Waals surface area contributed by atoms with Crippen molar-refractivity contribution in [1.82, 2.24) is 14.9 Å². The normalized spacial score (nSPS) is 14.6. The molecule has 2 N–H and O–H groups in total. The molecule has 29 heavy (non-hydrogen) atoms. The second-order valence-corrected chi connectivity index (χ2v) is 7.27. The number of benzene rings is 1. The number of aromatic nitrogens is 2. The zero-order chi connectivity index (χ0) is 19.8. The SMILES string of the molecule is Cc1nc(NC/C=C/COc2cccc(CN3CCCCC3)c2)[nH]c(=O)c1C.Cl. The Morgan fingerprint density at radius 1 is 1.21 bits per heavy atom. The average molecular weight is 419 g/mol. The first kappa shape index (κ1) is 23.0. The van der Waals surface area contributed by atoms with Crippen LogP contribution < -0.4 is 15.6 Å². The molecule has 0 bridgehead atoms. The summed E-state index contributed by atoms with van der Waals surface area (Å²) < 4.78 is 5.84. The fourth-order valence-electron chi connectivity index (χ4n) is 3.29. The molecule has 2 heterocycles. The van der Waals surface area contributed by atoms with Gasteiger partial charge in [-0.25, -0.2) is 4.98 Å². The lowest BCUT2D eigenvalue weighted by atomic mass is 10.1. The second kappa shape index (κ2) is 11.6. The summed E-state index contributed by atoms with van der Waals surface area (Å²) in [5.41, 5.74) is 2.58.